The van der Waals surface area contributed by atoms with E-state index < -0.39 is 0 Å². The van der Waals surface area contributed by atoms with Crippen LogP contribution in [0.15, 0.2) is 59.5 Å². The van der Waals surface area contributed by atoms with Crippen LogP contribution in [-0.2, 0) is 9.59 Å². The lowest BCUT2D eigenvalue weighted by Crippen LogP contribution is -2.38. The van der Waals surface area contributed by atoms with Crippen LogP contribution >= 0.6 is 23.4 Å². The first-order chi connectivity index (χ1) is 14.9. The molecular weight excluding hydrogens is 438 g/mol. The highest BCUT2D eigenvalue weighted by atomic mass is 35.5. The topological polar surface area (TPSA) is 95.6 Å². The van der Waals surface area contributed by atoms with Crippen LogP contribution in [0.5, 0.6) is 0 Å². The zero-order valence-corrected chi connectivity index (χ0v) is 18.0. The monoisotopic (exact) mass is 457 g/mol. The van der Waals surface area contributed by atoms with Crippen molar-refractivity contribution >= 4 is 52.4 Å². The van der Waals surface area contributed by atoms with Crippen molar-refractivity contribution in [2.75, 3.05) is 19.6 Å². The fraction of sp³-hybridized carbons (Fsp3) is 0.182. The predicted molar refractivity (Wildman–Crippen MR) is 121 cm³/mol. The van der Waals surface area contributed by atoms with Gasteiger partial charge >= 0.3 is 0 Å². The summed E-state index contributed by atoms with van der Waals surface area (Å²) in [6.07, 6.45) is 1.75. The van der Waals surface area contributed by atoms with Gasteiger partial charge in [0.15, 0.2) is 0 Å². The van der Waals surface area contributed by atoms with Gasteiger partial charge in [-0.3, -0.25) is 24.1 Å². The fourth-order valence-corrected chi connectivity index (χ4v) is 3.77. The van der Waals surface area contributed by atoms with Gasteiger partial charge in [0.05, 0.1) is 4.91 Å². The SMILES string of the molecule is O=C(CCNC(=O)c1ccc(Cl)cc1)NCCN1C(=O)S/C(=C/c2ccccc2)C1=O. The van der Waals surface area contributed by atoms with E-state index in [1.807, 2.05) is 30.3 Å². The Kier molecular flexibility index (Phi) is 7.86. The fourth-order valence-electron chi connectivity index (χ4n) is 2.78. The molecule has 0 saturated carbocycles. The van der Waals surface area contributed by atoms with Crippen molar-refractivity contribution in [3.05, 3.63) is 75.7 Å². The molecule has 4 amide bonds. The second-order valence-corrected chi connectivity index (χ2v) is 8.04. The normalized spacial score (nSPS) is 14.7. The predicted octanol–water partition coefficient (Wildman–Crippen LogP) is 3.31. The molecule has 1 heterocycles. The van der Waals surface area contributed by atoms with Gasteiger partial charge in [0.1, 0.15) is 0 Å². The quantitative estimate of drug-likeness (QED) is 0.593. The molecule has 2 N–H and O–H groups in total. The summed E-state index contributed by atoms with van der Waals surface area (Å²) in [7, 11) is 0. The summed E-state index contributed by atoms with van der Waals surface area (Å²) >= 11 is 6.67. The molecular formula is C22H20ClN3O4S. The molecule has 1 saturated heterocycles. The molecule has 0 aliphatic carbocycles. The third-order valence-corrected chi connectivity index (χ3v) is 5.53. The standard InChI is InChI=1S/C22H20ClN3O4S/c23-17-8-6-16(7-9-17)20(28)25-11-10-19(27)24-12-13-26-21(29)18(31-22(26)30)14-15-4-2-1-3-5-15/h1-9,14H,10-13H2,(H,24,27)(H,25,28)/b18-14+. The number of rotatable bonds is 8. The summed E-state index contributed by atoms with van der Waals surface area (Å²) in [5.41, 5.74) is 1.29. The van der Waals surface area contributed by atoms with E-state index in [-0.39, 0.29) is 49.0 Å². The Bertz CT molecular complexity index is 1010. The van der Waals surface area contributed by atoms with E-state index in [0.29, 0.717) is 15.5 Å². The number of thioether (sulfide) groups is 1. The highest BCUT2D eigenvalue weighted by Gasteiger charge is 2.34. The van der Waals surface area contributed by atoms with Gasteiger partial charge in [-0.05, 0) is 47.7 Å². The van der Waals surface area contributed by atoms with Gasteiger partial charge in [-0.25, -0.2) is 0 Å². The minimum atomic E-state index is -0.372. The molecule has 2 aromatic rings. The van der Waals surface area contributed by atoms with Crippen LogP contribution in [0.3, 0.4) is 0 Å². The number of halogens is 1. The summed E-state index contributed by atoms with van der Waals surface area (Å²) in [5, 5.41) is 5.48. The molecule has 0 bridgehead atoms. The van der Waals surface area contributed by atoms with Gasteiger partial charge in [0.25, 0.3) is 17.1 Å². The molecule has 0 atom stereocenters. The Morgan fingerprint density at radius 2 is 1.68 bits per heavy atom. The molecule has 1 aliphatic heterocycles. The second kappa shape index (κ2) is 10.8. The van der Waals surface area contributed by atoms with E-state index in [4.69, 9.17) is 11.6 Å². The lowest BCUT2D eigenvalue weighted by Gasteiger charge is -2.13. The van der Waals surface area contributed by atoms with Crippen molar-refractivity contribution in [2.45, 2.75) is 6.42 Å². The van der Waals surface area contributed by atoms with Gasteiger partial charge in [0.2, 0.25) is 5.91 Å². The molecule has 1 fully saturated rings. The number of hydrogen-bond acceptors (Lipinski definition) is 5. The smallest absolute Gasteiger partial charge is 0.293 e. The third kappa shape index (κ3) is 6.44. The van der Waals surface area contributed by atoms with Gasteiger partial charge in [-0.15, -0.1) is 0 Å². The minimum absolute atomic E-state index is 0.0785. The van der Waals surface area contributed by atoms with E-state index in [9.17, 15) is 19.2 Å². The Morgan fingerprint density at radius 3 is 2.39 bits per heavy atom. The maximum atomic E-state index is 12.4. The Labute approximate surface area is 188 Å². The first-order valence-corrected chi connectivity index (χ1v) is 10.7. The number of imide groups is 1. The lowest BCUT2D eigenvalue weighted by atomic mass is 10.2. The highest BCUT2D eigenvalue weighted by molar-refractivity contribution is 8.18. The van der Waals surface area contributed by atoms with Crippen LogP contribution in [0.2, 0.25) is 5.02 Å². The second-order valence-electron chi connectivity index (χ2n) is 6.61. The van der Waals surface area contributed by atoms with Crippen LogP contribution in [0.4, 0.5) is 4.79 Å². The maximum Gasteiger partial charge on any atom is 0.293 e. The number of benzene rings is 2. The van der Waals surface area contributed by atoms with Crippen LogP contribution < -0.4 is 10.6 Å². The van der Waals surface area contributed by atoms with Crippen molar-refractivity contribution < 1.29 is 19.2 Å². The number of hydrogen-bond donors (Lipinski definition) is 2. The van der Waals surface area contributed by atoms with Crippen molar-refractivity contribution in [2.24, 2.45) is 0 Å². The van der Waals surface area contributed by atoms with Crippen molar-refractivity contribution in [1.82, 2.24) is 15.5 Å². The molecule has 9 heteroatoms. The summed E-state index contributed by atoms with van der Waals surface area (Å²) in [6.45, 7) is 0.384. The average Bonchev–Trinajstić information content (AvgIpc) is 3.02. The van der Waals surface area contributed by atoms with Crippen LogP contribution in [-0.4, -0.2) is 47.5 Å². The van der Waals surface area contributed by atoms with E-state index in [2.05, 4.69) is 10.6 Å². The molecule has 3 rings (SSSR count). The largest absolute Gasteiger partial charge is 0.354 e. The van der Waals surface area contributed by atoms with Crippen molar-refractivity contribution in [1.29, 1.82) is 0 Å². The van der Waals surface area contributed by atoms with E-state index in [1.54, 1.807) is 30.3 Å². The number of carbonyl (C=O) groups excluding carboxylic acids is 4. The first-order valence-electron chi connectivity index (χ1n) is 9.55. The minimum Gasteiger partial charge on any atom is -0.354 e. The van der Waals surface area contributed by atoms with Crippen LogP contribution in [0.25, 0.3) is 6.08 Å². The molecule has 7 nitrogen and oxygen atoms in total. The van der Waals surface area contributed by atoms with E-state index in [0.717, 1.165) is 22.2 Å². The molecule has 160 valence electrons. The van der Waals surface area contributed by atoms with Gasteiger partial charge < -0.3 is 10.6 Å². The Morgan fingerprint density at radius 1 is 0.968 bits per heavy atom. The highest BCUT2D eigenvalue weighted by Crippen LogP contribution is 2.31. The van der Waals surface area contributed by atoms with Gasteiger partial charge in [-0.1, -0.05) is 41.9 Å². The van der Waals surface area contributed by atoms with Gasteiger partial charge in [-0.2, -0.15) is 0 Å². The zero-order valence-electron chi connectivity index (χ0n) is 16.5. The molecule has 0 aromatic heterocycles. The first kappa shape index (κ1) is 22.6. The number of carbonyl (C=O) groups is 4. The Hall–Kier alpha value is -3.10. The molecule has 1 aliphatic rings. The number of nitrogens with zero attached hydrogens (tertiary/aromatic N) is 1. The number of amides is 4. The molecule has 2 aromatic carbocycles. The molecule has 0 spiro atoms. The van der Waals surface area contributed by atoms with Gasteiger partial charge in [0, 0.05) is 36.6 Å². The summed E-state index contributed by atoms with van der Waals surface area (Å²) < 4.78 is 0. The lowest BCUT2D eigenvalue weighted by molar-refractivity contribution is -0.124. The molecule has 0 radical (unpaired) electrons. The number of nitrogens with one attached hydrogen (secondary N) is 2. The molecule has 0 unspecified atom stereocenters. The van der Waals surface area contributed by atoms with Crippen LogP contribution in [0, 0.1) is 0 Å². The molecule has 31 heavy (non-hydrogen) atoms. The third-order valence-electron chi connectivity index (χ3n) is 4.37. The van der Waals surface area contributed by atoms with E-state index in [1.165, 1.54) is 0 Å². The summed E-state index contributed by atoms with van der Waals surface area (Å²) in [5.74, 6) is -0.959. The zero-order chi connectivity index (χ0) is 22.2. The summed E-state index contributed by atoms with van der Waals surface area (Å²) in [6, 6.07) is 15.7. The van der Waals surface area contributed by atoms with E-state index >= 15 is 0 Å². The van der Waals surface area contributed by atoms with Crippen molar-refractivity contribution in [3.8, 4) is 0 Å². The Balaban J connectivity index is 1.39. The van der Waals surface area contributed by atoms with Crippen molar-refractivity contribution in [3.63, 3.8) is 0 Å². The maximum absolute atomic E-state index is 12.4. The average molecular weight is 458 g/mol. The summed E-state index contributed by atoms with van der Waals surface area (Å²) in [4.78, 5) is 50.0. The van der Waals surface area contributed by atoms with Crippen LogP contribution in [0.1, 0.15) is 22.3 Å².